The molecule has 0 amide bonds. The van der Waals surface area contributed by atoms with Crippen molar-refractivity contribution in [1.29, 1.82) is 0 Å². The summed E-state index contributed by atoms with van der Waals surface area (Å²) < 4.78 is 1.38. The Morgan fingerprint density at radius 1 is 1.36 bits per heavy atom. The molecule has 0 saturated carbocycles. The number of hydrogen-bond acceptors (Lipinski definition) is 1. The maximum atomic E-state index is 9.31. The summed E-state index contributed by atoms with van der Waals surface area (Å²) in [6, 6.07) is 10.4. The normalized spacial score (nSPS) is 13.3. The van der Waals surface area contributed by atoms with Crippen LogP contribution in [0.15, 0.2) is 41.4 Å². The Hall–Kier alpha value is -0.561. The van der Waals surface area contributed by atoms with E-state index in [-0.39, 0.29) is 6.10 Å². The molecule has 0 heterocycles. The first kappa shape index (κ1) is 11.5. The molecule has 0 radical (unpaired) electrons. The summed E-state index contributed by atoms with van der Waals surface area (Å²) in [7, 11) is 0. The van der Waals surface area contributed by atoms with Crippen molar-refractivity contribution in [2.45, 2.75) is 25.9 Å². The molecule has 0 aliphatic heterocycles. The van der Waals surface area contributed by atoms with Crippen LogP contribution in [0.2, 0.25) is 0 Å². The van der Waals surface area contributed by atoms with Crippen LogP contribution in [0.4, 0.5) is 0 Å². The van der Waals surface area contributed by atoms with E-state index < -0.39 is 0 Å². The van der Waals surface area contributed by atoms with Crippen molar-refractivity contribution in [2.75, 3.05) is 0 Å². The number of aliphatic hydroxyl groups excluding tert-OH is 1. The molecule has 0 aromatic heterocycles. The molecule has 0 aliphatic carbocycles. The number of rotatable bonds is 5. The summed E-state index contributed by atoms with van der Waals surface area (Å²) in [5.74, 6) is 0. The minimum atomic E-state index is -0.169. The zero-order chi connectivity index (χ0) is 10.2. The topological polar surface area (TPSA) is 20.2 Å². The molecule has 1 nitrogen and oxygen atoms in total. The molecule has 1 rings (SSSR count). The van der Waals surface area contributed by atoms with Crippen molar-refractivity contribution >= 4 is 19.4 Å². The average molecular weight is 255 g/mol. The van der Waals surface area contributed by atoms with E-state index in [4.69, 9.17) is 0 Å². The first-order valence-electron chi connectivity index (χ1n) is 4.87. The van der Waals surface area contributed by atoms with Gasteiger partial charge in [-0.25, -0.2) is 0 Å². The second kappa shape index (κ2) is 6.83. The van der Waals surface area contributed by atoms with Gasteiger partial charge in [-0.05, 0) is 0 Å². The molecule has 2 heteroatoms. The average Bonchev–Trinajstić information content (AvgIpc) is 2.25. The van der Waals surface area contributed by atoms with Gasteiger partial charge >= 0.3 is 91.8 Å². The van der Waals surface area contributed by atoms with Gasteiger partial charge in [-0.15, -0.1) is 0 Å². The molecule has 0 saturated heterocycles. The molecule has 1 aromatic carbocycles. The molecular weight excluding hydrogens is 239 g/mol. The summed E-state index contributed by atoms with van der Waals surface area (Å²) in [5, 5.41) is 9.31. The van der Waals surface area contributed by atoms with Crippen LogP contribution in [0.5, 0.6) is 0 Å². The van der Waals surface area contributed by atoms with E-state index in [2.05, 4.69) is 35.3 Å². The molecule has 1 atom stereocenters. The van der Waals surface area contributed by atoms with E-state index in [0.29, 0.717) is 15.0 Å². The Labute approximate surface area is 92.0 Å². The predicted molar refractivity (Wildman–Crippen MR) is 61.9 cm³/mol. The van der Waals surface area contributed by atoms with E-state index >= 15 is 0 Å². The fraction of sp³-hybridized carbons (Fsp3) is 0.333. The number of benzene rings is 1. The van der Waals surface area contributed by atoms with Crippen LogP contribution >= 0.6 is 0 Å². The van der Waals surface area contributed by atoms with Gasteiger partial charge in [0.1, 0.15) is 0 Å². The molecule has 1 aromatic rings. The van der Waals surface area contributed by atoms with Crippen LogP contribution in [0.3, 0.4) is 0 Å². The van der Waals surface area contributed by atoms with Crippen molar-refractivity contribution in [3.8, 4) is 0 Å². The van der Waals surface area contributed by atoms with Crippen LogP contribution in [0.25, 0.3) is 0 Å². The number of hydrogen-bond donors (Lipinski definition) is 1. The van der Waals surface area contributed by atoms with Gasteiger partial charge in [-0.2, -0.15) is 0 Å². The Balaban J connectivity index is 2.27. The fourth-order valence-corrected chi connectivity index (χ4v) is 2.43. The molecular formula is C12H16OSe. The summed E-state index contributed by atoms with van der Waals surface area (Å²) in [4.78, 5) is 2.18. The van der Waals surface area contributed by atoms with Gasteiger partial charge in [0.05, 0.1) is 0 Å². The van der Waals surface area contributed by atoms with Crippen LogP contribution < -0.4 is 4.46 Å². The first-order chi connectivity index (χ1) is 6.83. The predicted octanol–water partition coefficient (Wildman–Crippen LogP) is 1.69. The van der Waals surface area contributed by atoms with Crippen LogP contribution in [-0.2, 0) is 0 Å². The van der Waals surface area contributed by atoms with E-state index in [1.807, 2.05) is 13.0 Å². The van der Waals surface area contributed by atoms with Crippen molar-refractivity contribution in [2.24, 2.45) is 0 Å². The van der Waals surface area contributed by atoms with E-state index in [1.165, 1.54) is 4.46 Å². The van der Waals surface area contributed by atoms with E-state index in [9.17, 15) is 5.11 Å². The Morgan fingerprint density at radius 2 is 2.07 bits per heavy atom. The quantitative estimate of drug-likeness (QED) is 0.794. The van der Waals surface area contributed by atoms with Gasteiger partial charge in [0.2, 0.25) is 0 Å². The second-order valence-electron chi connectivity index (χ2n) is 3.10. The summed E-state index contributed by atoms with van der Waals surface area (Å²) in [5.41, 5.74) is 0. The standard InChI is InChI=1S/C12H16OSe/c1-2-11(13)7-6-10-14-12-8-4-3-5-9-12/h3-6,8-11,13H,2,7H2,1H3/b10-6+. The summed E-state index contributed by atoms with van der Waals surface area (Å²) >= 11 is 0.411. The monoisotopic (exact) mass is 256 g/mol. The molecule has 0 bridgehead atoms. The van der Waals surface area contributed by atoms with Crippen molar-refractivity contribution in [1.82, 2.24) is 0 Å². The molecule has 1 N–H and O–H groups in total. The SMILES string of the molecule is CCC(O)C/C=C/[Se]c1ccccc1. The first-order valence-corrected chi connectivity index (χ1v) is 6.72. The third-order valence-corrected chi connectivity index (χ3v) is 3.75. The van der Waals surface area contributed by atoms with Gasteiger partial charge in [0, 0.05) is 0 Å². The Kier molecular flexibility index (Phi) is 5.62. The van der Waals surface area contributed by atoms with Gasteiger partial charge in [-0.3, -0.25) is 0 Å². The van der Waals surface area contributed by atoms with Crippen LogP contribution in [0.1, 0.15) is 19.8 Å². The van der Waals surface area contributed by atoms with Crippen molar-refractivity contribution < 1.29 is 5.11 Å². The minimum absolute atomic E-state index is 0.169. The second-order valence-corrected chi connectivity index (χ2v) is 5.16. The van der Waals surface area contributed by atoms with Crippen LogP contribution in [0, 0.1) is 0 Å². The summed E-state index contributed by atoms with van der Waals surface area (Å²) in [6.45, 7) is 2.00. The van der Waals surface area contributed by atoms with Crippen molar-refractivity contribution in [3.63, 3.8) is 0 Å². The molecule has 0 fully saturated rings. The molecule has 0 aliphatic rings. The van der Waals surface area contributed by atoms with Gasteiger partial charge in [0.15, 0.2) is 0 Å². The fourth-order valence-electron chi connectivity index (χ4n) is 1.01. The third kappa shape index (κ3) is 4.61. The van der Waals surface area contributed by atoms with Gasteiger partial charge in [0.25, 0.3) is 0 Å². The molecule has 76 valence electrons. The zero-order valence-electron chi connectivity index (χ0n) is 8.39. The van der Waals surface area contributed by atoms with Crippen LogP contribution in [-0.4, -0.2) is 26.2 Å². The maximum absolute atomic E-state index is 9.31. The zero-order valence-corrected chi connectivity index (χ0v) is 10.1. The molecule has 0 spiro atoms. The third-order valence-electron chi connectivity index (χ3n) is 1.92. The van der Waals surface area contributed by atoms with Crippen molar-refractivity contribution in [3.05, 3.63) is 41.4 Å². The van der Waals surface area contributed by atoms with Gasteiger partial charge < -0.3 is 0 Å². The van der Waals surface area contributed by atoms with E-state index in [1.54, 1.807) is 0 Å². The molecule has 1 unspecified atom stereocenters. The summed E-state index contributed by atoms with van der Waals surface area (Å²) in [6.07, 6.45) is 3.53. The van der Waals surface area contributed by atoms with E-state index in [0.717, 1.165) is 12.8 Å². The van der Waals surface area contributed by atoms with Gasteiger partial charge in [-0.1, -0.05) is 0 Å². The Bertz CT molecular complexity index is 269. The number of aliphatic hydroxyl groups is 1. The Morgan fingerprint density at radius 3 is 2.71 bits per heavy atom. The molecule has 14 heavy (non-hydrogen) atoms.